The predicted molar refractivity (Wildman–Crippen MR) is 61.7 cm³/mol. The van der Waals surface area contributed by atoms with Crippen LogP contribution in [0, 0.1) is 11.3 Å². The summed E-state index contributed by atoms with van der Waals surface area (Å²) in [6.07, 6.45) is 2.74. The molecule has 2 atom stereocenters. The molecule has 1 saturated carbocycles. The highest BCUT2D eigenvalue weighted by Gasteiger charge is 2.42. The molecule has 0 unspecified atom stereocenters. The van der Waals surface area contributed by atoms with Crippen LogP contribution in [0.15, 0.2) is 0 Å². The van der Waals surface area contributed by atoms with Crippen LogP contribution in [-0.4, -0.2) is 19.9 Å². The van der Waals surface area contributed by atoms with Gasteiger partial charge in [0.05, 0.1) is 0 Å². The molecule has 1 aliphatic carbocycles. The Labute approximate surface area is 89.4 Å². The molecule has 0 heterocycles. The van der Waals surface area contributed by atoms with Gasteiger partial charge in [0.1, 0.15) is 0 Å². The predicted octanol–water partition coefficient (Wildman–Crippen LogP) is 2.52. The minimum atomic E-state index is -1.12. The Balaban J connectivity index is 2.55. The van der Waals surface area contributed by atoms with Crippen molar-refractivity contribution in [2.24, 2.45) is 11.3 Å². The largest absolute Gasteiger partial charge is 0.394 e. The molecule has 84 valence electrons. The van der Waals surface area contributed by atoms with Gasteiger partial charge < -0.3 is 9.53 Å². The molecule has 0 spiro atoms. The Kier molecular flexibility index (Phi) is 3.44. The lowest BCUT2D eigenvalue weighted by molar-refractivity contribution is -0.138. The third-order valence-electron chi connectivity index (χ3n) is 3.13. The van der Waals surface area contributed by atoms with Gasteiger partial charge in [-0.3, -0.25) is 0 Å². The summed E-state index contributed by atoms with van der Waals surface area (Å²) in [6, 6.07) is 0. The minimum Gasteiger partial charge on any atom is -0.394 e. The minimum absolute atomic E-state index is 0.298. The van der Waals surface area contributed by atoms with E-state index in [9.17, 15) is 5.11 Å². The van der Waals surface area contributed by atoms with E-state index in [-0.39, 0.29) is 0 Å². The van der Waals surface area contributed by atoms with E-state index in [4.69, 9.17) is 4.43 Å². The maximum atomic E-state index is 10.2. The molecule has 0 bridgehead atoms. The van der Waals surface area contributed by atoms with Crippen LogP contribution in [0.1, 0.15) is 40.0 Å². The van der Waals surface area contributed by atoms with Crippen LogP contribution in [-0.2, 0) is 4.43 Å². The van der Waals surface area contributed by atoms with Gasteiger partial charge >= 0.3 is 0 Å². The zero-order valence-corrected chi connectivity index (χ0v) is 11.3. The molecular weight excluding hydrogens is 192 g/mol. The quantitative estimate of drug-likeness (QED) is 0.568. The van der Waals surface area contributed by atoms with E-state index in [2.05, 4.69) is 33.9 Å². The van der Waals surface area contributed by atoms with E-state index in [1.165, 1.54) is 0 Å². The van der Waals surface area contributed by atoms with E-state index in [1.807, 2.05) is 0 Å². The van der Waals surface area contributed by atoms with Crippen molar-refractivity contribution in [2.75, 3.05) is 0 Å². The van der Waals surface area contributed by atoms with E-state index >= 15 is 0 Å². The first-order valence-electron chi connectivity index (χ1n) is 5.63. The third kappa shape index (κ3) is 3.07. The molecule has 0 saturated heterocycles. The van der Waals surface area contributed by atoms with Crippen LogP contribution >= 0.6 is 0 Å². The average Bonchev–Trinajstić information content (AvgIpc) is 2.28. The summed E-state index contributed by atoms with van der Waals surface area (Å²) >= 11 is 0. The molecule has 14 heavy (non-hydrogen) atoms. The van der Waals surface area contributed by atoms with Gasteiger partial charge in [0.15, 0.2) is 14.8 Å². The Hall–Kier alpha value is 0.137. The lowest BCUT2D eigenvalue weighted by Crippen LogP contribution is -2.34. The highest BCUT2D eigenvalue weighted by Crippen LogP contribution is 2.44. The van der Waals surface area contributed by atoms with Gasteiger partial charge in [0.2, 0.25) is 0 Å². The highest BCUT2D eigenvalue weighted by atomic mass is 28.3. The van der Waals surface area contributed by atoms with Crippen molar-refractivity contribution in [3.63, 3.8) is 0 Å². The second kappa shape index (κ2) is 3.95. The van der Waals surface area contributed by atoms with Gasteiger partial charge in [-0.25, -0.2) is 0 Å². The van der Waals surface area contributed by atoms with Crippen molar-refractivity contribution in [3.05, 3.63) is 0 Å². The summed E-state index contributed by atoms with van der Waals surface area (Å²) in [4.78, 5) is 0. The SMILES string of the molecule is C[SiH](C)O[C@@]1(O)CC[C@@H](C(C)(C)C)C1. The van der Waals surface area contributed by atoms with Crippen molar-refractivity contribution in [3.8, 4) is 0 Å². The fraction of sp³-hybridized carbons (Fsp3) is 1.00. The Bertz CT molecular complexity index is 198. The molecule has 0 aliphatic heterocycles. The van der Waals surface area contributed by atoms with E-state index in [0.717, 1.165) is 19.3 Å². The van der Waals surface area contributed by atoms with Crippen LogP contribution in [0.25, 0.3) is 0 Å². The van der Waals surface area contributed by atoms with Crippen molar-refractivity contribution >= 4 is 9.04 Å². The van der Waals surface area contributed by atoms with Crippen LogP contribution in [0.5, 0.6) is 0 Å². The molecule has 0 aromatic heterocycles. The summed E-state index contributed by atoms with van der Waals surface area (Å²) in [5, 5.41) is 10.2. The van der Waals surface area contributed by atoms with Gasteiger partial charge in [-0.05, 0) is 30.8 Å². The fourth-order valence-electron chi connectivity index (χ4n) is 2.27. The van der Waals surface area contributed by atoms with Crippen LogP contribution in [0.4, 0.5) is 0 Å². The lowest BCUT2D eigenvalue weighted by atomic mass is 9.79. The maximum absolute atomic E-state index is 10.2. The van der Waals surface area contributed by atoms with E-state index < -0.39 is 14.8 Å². The first-order valence-corrected chi connectivity index (χ1v) is 8.41. The molecule has 1 N–H and O–H groups in total. The number of hydrogen-bond acceptors (Lipinski definition) is 2. The summed E-state index contributed by atoms with van der Waals surface area (Å²) < 4.78 is 5.72. The van der Waals surface area contributed by atoms with Crippen molar-refractivity contribution < 1.29 is 9.53 Å². The summed E-state index contributed by atoms with van der Waals surface area (Å²) in [5.41, 5.74) is 0.298. The molecule has 0 amide bonds. The Morgan fingerprint density at radius 2 is 1.93 bits per heavy atom. The zero-order valence-electron chi connectivity index (χ0n) is 10.1. The summed E-state index contributed by atoms with van der Waals surface area (Å²) in [6.45, 7) is 11.0. The third-order valence-corrected chi connectivity index (χ3v) is 4.04. The molecule has 0 aromatic rings. The first kappa shape index (κ1) is 12.2. The summed E-state index contributed by atoms with van der Waals surface area (Å²) in [5.74, 6) is -0.196. The van der Waals surface area contributed by atoms with Crippen LogP contribution in [0.3, 0.4) is 0 Å². The van der Waals surface area contributed by atoms with Gasteiger partial charge in [-0.1, -0.05) is 20.8 Å². The van der Waals surface area contributed by atoms with Crippen molar-refractivity contribution in [1.82, 2.24) is 0 Å². The zero-order chi connectivity index (χ0) is 11.0. The normalized spacial score (nSPS) is 34.1. The molecule has 0 radical (unpaired) electrons. The molecule has 1 fully saturated rings. The van der Waals surface area contributed by atoms with Gasteiger partial charge in [-0.2, -0.15) is 0 Å². The van der Waals surface area contributed by atoms with Gasteiger partial charge in [-0.15, -0.1) is 0 Å². The second-order valence-corrected chi connectivity index (χ2v) is 8.25. The van der Waals surface area contributed by atoms with Gasteiger partial charge in [0, 0.05) is 12.8 Å². The second-order valence-electron chi connectivity index (χ2n) is 5.92. The van der Waals surface area contributed by atoms with Crippen LogP contribution < -0.4 is 0 Å². The summed E-state index contributed by atoms with van der Waals surface area (Å²) in [7, 11) is -1.12. The standard InChI is InChI=1S/C11H24O2Si/c1-10(2,3)9-6-7-11(12,8-9)13-14(4)5/h9,12,14H,6-8H2,1-5H3/t9-,11+/m1/s1. The monoisotopic (exact) mass is 216 g/mol. The fourth-order valence-corrected chi connectivity index (χ4v) is 3.37. The smallest absolute Gasteiger partial charge is 0.174 e. The number of rotatable bonds is 2. The molecule has 1 aliphatic rings. The topological polar surface area (TPSA) is 29.5 Å². The molecule has 0 aromatic carbocycles. The number of aliphatic hydroxyl groups is 1. The van der Waals surface area contributed by atoms with Crippen LogP contribution in [0.2, 0.25) is 13.1 Å². The Morgan fingerprint density at radius 3 is 2.29 bits per heavy atom. The van der Waals surface area contributed by atoms with E-state index in [1.54, 1.807) is 0 Å². The maximum Gasteiger partial charge on any atom is 0.174 e. The van der Waals surface area contributed by atoms with Gasteiger partial charge in [0.25, 0.3) is 0 Å². The molecule has 1 rings (SSSR count). The Morgan fingerprint density at radius 1 is 1.36 bits per heavy atom. The first-order chi connectivity index (χ1) is 6.23. The van der Waals surface area contributed by atoms with E-state index in [0.29, 0.717) is 11.3 Å². The van der Waals surface area contributed by atoms with Crippen molar-refractivity contribution in [2.45, 2.75) is 58.9 Å². The number of hydrogen-bond donors (Lipinski definition) is 1. The molecular formula is C11H24O2Si. The average molecular weight is 216 g/mol. The highest BCUT2D eigenvalue weighted by molar-refractivity contribution is 6.48. The van der Waals surface area contributed by atoms with Crippen molar-refractivity contribution in [1.29, 1.82) is 0 Å². The molecule has 3 heteroatoms. The molecule has 2 nitrogen and oxygen atoms in total. The lowest BCUT2D eigenvalue weighted by Gasteiger charge is -2.30.